The van der Waals surface area contributed by atoms with Gasteiger partial charge in [-0.2, -0.15) is 0 Å². The van der Waals surface area contributed by atoms with Crippen LogP contribution in [0.15, 0.2) is 18.2 Å². The molecule has 0 radical (unpaired) electrons. The number of rotatable bonds is 3. The number of nitrogens with one attached hydrogen (secondary N) is 1. The van der Waals surface area contributed by atoms with Gasteiger partial charge in [-0.3, -0.25) is 9.59 Å². The molecule has 0 heterocycles. The molecule has 0 aliphatic rings. The van der Waals surface area contributed by atoms with Gasteiger partial charge in [0.15, 0.2) is 0 Å². The third-order valence-electron chi connectivity index (χ3n) is 2.21. The molecular formula is C11H14N2O2. The van der Waals surface area contributed by atoms with E-state index in [0.717, 1.165) is 16.8 Å². The van der Waals surface area contributed by atoms with Crippen molar-refractivity contribution in [2.24, 2.45) is 5.73 Å². The van der Waals surface area contributed by atoms with Gasteiger partial charge in [0.05, 0.1) is 0 Å². The topological polar surface area (TPSA) is 72.2 Å². The van der Waals surface area contributed by atoms with Gasteiger partial charge in [0.25, 0.3) is 0 Å². The Morgan fingerprint density at radius 2 is 2.00 bits per heavy atom. The molecule has 1 aromatic rings. The normalized spacial score (nSPS) is 9.73. The second-order valence-corrected chi connectivity index (χ2v) is 3.44. The van der Waals surface area contributed by atoms with Gasteiger partial charge in [-0.15, -0.1) is 0 Å². The van der Waals surface area contributed by atoms with Crippen LogP contribution in [0.3, 0.4) is 0 Å². The lowest BCUT2D eigenvalue weighted by molar-refractivity contribution is -0.124. The fourth-order valence-electron chi connectivity index (χ4n) is 1.24. The van der Waals surface area contributed by atoms with Crippen molar-refractivity contribution in [2.45, 2.75) is 20.3 Å². The number of hydrogen-bond acceptors (Lipinski definition) is 2. The molecule has 0 saturated heterocycles. The molecule has 0 aliphatic heterocycles. The van der Waals surface area contributed by atoms with E-state index in [1.807, 2.05) is 26.0 Å². The number of aryl methyl sites for hydroxylation is 1. The standard InChI is InChI=1S/C11H14N2O2/c1-7-4-3-5-9(8(7)2)13-11(15)6-10(12)14/h3-5H,6H2,1-2H3,(H2,12,14)(H,13,15). The smallest absolute Gasteiger partial charge is 0.233 e. The first-order valence-electron chi connectivity index (χ1n) is 4.65. The van der Waals surface area contributed by atoms with E-state index in [4.69, 9.17) is 5.73 Å². The van der Waals surface area contributed by atoms with E-state index >= 15 is 0 Å². The molecule has 0 bridgehead atoms. The second-order valence-electron chi connectivity index (χ2n) is 3.44. The number of carbonyl (C=O) groups excluding carboxylic acids is 2. The lowest BCUT2D eigenvalue weighted by atomic mass is 10.1. The van der Waals surface area contributed by atoms with Gasteiger partial charge in [-0.1, -0.05) is 12.1 Å². The molecule has 1 rings (SSSR count). The fourth-order valence-corrected chi connectivity index (χ4v) is 1.24. The van der Waals surface area contributed by atoms with Crippen molar-refractivity contribution in [1.29, 1.82) is 0 Å². The third kappa shape index (κ3) is 3.09. The molecule has 4 heteroatoms. The van der Waals surface area contributed by atoms with Crippen LogP contribution in [0.25, 0.3) is 0 Å². The highest BCUT2D eigenvalue weighted by Crippen LogP contribution is 2.17. The van der Waals surface area contributed by atoms with E-state index in [9.17, 15) is 9.59 Å². The molecule has 0 fully saturated rings. The minimum absolute atomic E-state index is 0.284. The Hall–Kier alpha value is -1.84. The average Bonchev–Trinajstić information content (AvgIpc) is 2.11. The van der Waals surface area contributed by atoms with Gasteiger partial charge >= 0.3 is 0 Å². The summed E-state index contributed by atoms with van der Waals surface area (Å²) in [6, 6.07) is 5.60. The third-order valence-corrected chi connectivity index (χ3v) is 2.21. The minimum atomic E-state index is -0.627. The first-order chi connectivity index (χ1) is 7.00. The Balaban J connectivity index is 2.77. The summed E-state index contributed by atoms with van der Waals surface area (Å²) in [4.78, 5) is 21.8. The number of nitrogens with two attached hydrogens (primary N) is 1. The summed E-state index contributed by atoms with van der Waals surface area (Å²) in [6.45, 7) is 3.87. The van der Waals surface area contributed by atoms with Crippen molar-refractivity contribution in [3.63, 3.8) is 0 Å². The summed E-state index contributed by atoms with van der Waals surface area (Å²) < 4.78 is 0. The largest absolute Gasteiger partial charge is 0.369 e. The van der Waals surface area contributed by atoms with E-state index in [0.29, 0.717) is 0 Å². The monoisotopic (exact) mass is 206 g/mol. The first kappa shape index (κ1) is 11.2. The fraction of sp³-hybridized carbons (Fsp3) is 0.273. The van der Waals surface area contributed by atoms with Crippen molar-refractivity contribution >= 4 is 17.5 Å². The first-order valence-corrected chi connectivity index (χ1v) is 4.65. The van der Waals surface area contributed by atoms with Crippen LogP contribution in [0, 0.1) is 13.8 Å². The maximum atomic E-state index is 11.3. The van der Waals surface area contributed by atoms with Crippen LogP contribution in [-0.4, -0.2) is 11.8 Å². The van der Waals surface area contributed by atoms with Gasteiger partial charge in [0, 0.05) is 5.69 Å². The van der Waals surface area contributed by atoms with Crippen molar-refractivity contribution in [1.82, 2.24) is 0 Å². The molecule has 1 aromatic carbocycles. The minimum Gasteiger partial charge on any atom is -0.369 e. The van der Waals surface area contributed by atoms with Gasteiger partial charge in [0.2, 0.25) is 11.8 Å². The highest BCUT2D eigenvalue weighted by Gasteiger charge is 2.08. The number of carbonyl (C=O) groups is 2. The van der Waals surface area contributed by atoms with Crippen LogP contribution >= 0.6 is 0 Å². The van der Waals surface area contributed by atoms with Gasteiger partial charge in [-0.25, -0.2) is 0 Å². The molecule has 2 amide bonds. The summed E-state index contributed by atoms with van der Waals surface area (Å²) >= 11 is 0. The average molecular weight is 206 g/mol. The molecule has 0 aliphatic carbocycles. The van der Waals surface area contributed by atoms with Crippen LogP contribution in [0.1, 0.15) is 17.5 Å². The Labute approximate surface area is 88.5 Å². The summed E-state index contributed by atoms with van der Waals surface area (Å²) in [5, 5.41) is 2.64. The highest BCUT2D eigenvalue weighted by atomic mass is 16.2. The van der Waals surface area contributed by atoms with Crippen molar-refractivity contribution in [3.05, 3.63) is 29.3 Å². The maximum Gasteiger partial charge on any atom is 0.233 e. The predicted molar refractivity (Wildman–Crippen MR) is 58.4 cm³/mol. The molecule has 0 unspecified atom stereocenters. The number of hydrogen-bond donors (Lipinski definition) is 2. The number of anilines is 1. The molecule has 4 nitrogen and oxygen atoms in total. The van der Waals surface area contributed by atoms with Crippen LogP contribution in [0.4, 0.5) is 5.69 Å². The van der Waals surface area contributed by atoms with Crippen LogP contribution in [0.5, 0.6) is 0 Å². The zero-order chi connectivity index (χ0) is 11.4. The van der Waals surface area contributed by atoms with E-state index in [1.165, 1.54) is 0 Å². The summed E-state index contributed by atoms with van der Waals surface area (Å²) in [6.07, 6.45) is -0.284. The van der Waals surface area contributed by atoms with Crippen LogP contribution < -0.4 is 11.1 Å². The molecule has 0 atom stereocenters. The van der Waals surface area contributed by atoms with Crippen molar-refractivity contribution in [3.8, 4) is 0 Å². The van der Waals surface area contributed by atoms with E-state index in [1.54, 1.807) is 6.07 Å². The summed E-state index contributed by atoms with van der Waals surface area (Å²) in [5.41, 5.74) is 7.72. The van der Waals surface area contributed by atoms with Gasteiger partial charge in [0.1, 0.15) is 6.42 Å². The lowest BCUT2D eigenvalue weighted by Gasteiger charge is -2.09. The van der Waals surface area contributed by atoms with E-state index in [-0.39, 0.29) is 12.3 Å². The van der Waals surface area contributed by atoms with Crippen LogP contribution in [-0.2, 0) is 9.59 Å². The van der Waals surface area contributed by atoms with Gasteiger partial charge < -0.3 is 11.1 Å². The molecular weight excluding hydrogens is 192 g/mol. The van der Waals surface area contributed by atoms with Crippen LogP contribution in [0.2, 0.25) is 0 Å². The summed E-state index contributed by atoms with van der Waals surface area (Å²) in [7, 11) is 0. The molecule has 15 heavy (non-hydrogen) atoms. The van der Waals surface area contributed by atoms with Gasteiger partial charge in [-0.05, 0) is 31.0 Å². The molecule has 0 spiro atoms. The Kier molecular flexibility index (Phi) is 3.44. The summed E-state index contributed by atoms with van der Waals surface area (Å²) in [5.74, 6) is -1.01. The number of amides is 2. The van der Waals surface area contributed by atoms with E-state index in [2.05, 4.69) is 5.32 Å². The second kappa shape index (κ2) is 4.59. The lowest BCUT2D eigenvalue weighted by Crippen LogP contribution is -2.21. The Morgan fingerprint density at radius 1 is 1.33 bits per heavy atom. The number of benzene rings is 1. The molecule has 0 saturated carbocycles. The predicted octanol–water partition coefficient (Wildman–Crippen LogP) is 1.12. The molecule has 3 N–H and O–H groups in total. The molecule has 80 valence electrons. The van der Waals surface area contributed by atoms with Crippen molar-refractivity contribution < 1.29 is 9.59 Å². The maximum absolute atomic E-state index is 11.3. The highest BCUT2D eigenvalue weighted by molar-refractivity contribution is 6.03. The SMILES string of the molecule is Cc1cccc(NC(=O)CC(N)=O)c1C. The van der Waals surface area contributed by atoms with Crippen molar-refractivity contribution in [2.75, 3.05) is 5.32 Å². The zero-order valence-corrected chi connectivity index (χ0v) is 8.83. The Bertz CT molecular complexity index is 400. The molecule has 0 aromatic heterocycles. The zero-order valence-electron chi connectivity index (χ0n) is 8.83. The Morgan fingerprint density at radius 3 is 2.60 bits per heavy atom. The number of primary amides is 1. The quantitative estimate of drug-likeness (QED) is 0.727. The van der Waals surface area contributed by atoms with E-state index < -0.39 is 5.91 Å².